The lowest BCUT2D eigenvalue weighted by atomic mass is 9.80. The van der Waals surface area contributed by atoms with Crippen LogP contribution in [0.15, 0.2) is 0 Å². The standard InChI is InChI=1S/C25H43NO6/c1-25(2,3)20-19-21(27)26(24(20)31)32-23(30)18-16-14-12-10-8-6-4-5-7-9-11-13-15-17-22(28)29/h20H,4-19H2,1-3H3,(H,28,29). The molecule has 2 amide bonds. The number of nitrogens with zero attached hydrogens (tertiary/aromatic N) is 1. The number of carbonyl (C=O) groups is 4. The smallest absolute Gasteiger partial charge is 0.333 e. The molecule has 0 aromatic carbocycles. The van der Waals surface area contributed by atoms with Crippen LogP contribution >= 0.6 is 0 Å². The highest BCUT2D eigenvalue weighted by Crippen LogP contribution is 2.35. The maximum atomic E-state index is 12.3. The third-order valence-corrected chi connectivity index (χ3v) is 6.11. The first-order valence-corrected chi connectivity index (χ1v) is 12.4. The van der Waals surface area contributed by atoms with E-state index in [4.69, 9.17) is 9.94 Å². The fourth-order valence-electron chi connectivity index (χ4n) is 4.02. The number of carbonyl (C=O) groups excluding carboxylic acids is 3. The third-order valence-electron chi connectivity index (χ3n) is 6.11. The van der Waals surface area contributed by atoms with Gasteiger partial charge in [0.2, 0.25) is 0 Å². The van der Waals surface area contributed by atoms with E-state index >= 15 is 0 Å². The summed E-state index contributed by atoms with van der Waals surface area (Å²) in [5, 5.41) is 9.26. The molecule has 0 bridgehead atoms. The molecule has 1 unspecified atom stereocenters. The van der Waals surface area contributed by atoms with Gasteiger partial charge in [-0.05, 0) is 18.3 Å². The van der Waals surface area contributed by atoms with Gasteiger partial charge >= 0.3 is 11.9 Å². The Morgan fingerprint density at radius 1 is 0.812 bits per heavy atom. The zero-order valence-electron chi connectivity index (χ0n) is 20.3. The minimum absolute atomic E-state index is 0.0996. The van der Waals surface area contributed by atoms with Gasteiger partial charge in [0, 0.05) is 19.3 Å². The van der Waals surface area contributed by atoms with Crippen LogP contribution in [0.5, 0.6) is 0 Å². The van der Waals surface area contributed by atoms with E-state index in [1.54, 1.807) is 0 Å². The summed E-state index contributed by atoms with van der Waals surface area (Å²) in [5.74, 6) is -2.49. The van der Waals surface area contributed by atoms with Crippen LogP contribution in [0, 0.1) is 11.3 Å². The first-order valence-electron chi connectivity index (χ1n) is 12.4. The predicted octanol–water partition coefficient (Wildman–Crippen LogP) is 5.80. The van der Waals surface area contributed by atoms with E-state index in [0.717, 1.165) is 38.5 Å². The summed E-state index contributed by atoms with van der Waals surface area (Å²) < 4.78 is 0. The molecule has 0 radical (unpaired) electrons. The summed E-state index contributed by atoms with van der Waals surface area (Å²) in [7, 11) is 0. The molecule has 7 nitrogen and oxygen atoms in total. The van der Waals surface area contributed by atoms with Crippen LogP contribution in [0.3, 0.4) is 0 Å². The largest absolute Gasteiger partial charge is 0.481 e. The second-order valence-electron chi connectivity index (χ2n) is 10.1. The van der Waals surface area contributed by atoms with Crippen LogP contribution in [-0.2, 0) is 24.0 Å². The van der Waals surface area contributed by atoms with Gasteiger partial charge in [0.05, 0.1) is 5.92 Å². The number of hydroxylamine groups is 2. The number of carboxylic acid groups (broad SMARTS) is 1. The average molecular weight is 454 g/mol. The van der Waals surface area contributed by atoms with E-state index in [2.05, 4.69) is 0 Å². The van der Waals surface area contributed by atoms with Crippen molar-refractivity contribution in [1.82, 2.24) is 5.06 Å². The van der Waals surface area contributed by atoms with Crippen molar-refractivity contribution in [3.05, 3.63) is 0 Å². The Kier molecular flexibility index (Phi) is 13.2. The Morgan fingerprint density at radius 2 is 1.22 bits per heavy atom. The number of carboxylic acids is 1. The van der Waals surface area contributed by atoms with Gasteiger partial charge in [-0.2, -0.15) is 0 Å². The van der Waals surface area contributed by atoms with Gasteiger partial charge in [-0.25, -0.2) is 4.79 Å². The van der Waals surface area contributed by atoms with Crippen molar-refractivity contribution in [2.24, 2.45) is 11.3 Å². The van der Waals surface area contributed by atoms with Crippen molar-refractivity contribution in [1.29, 1.82) is 0 Å². The zero-order valence-corrected chi connectivity index (χ0v) is 20.3. The second kappa shape index (κ2) is 15.0. The van der Waals surface area contributed by atoms with Gasteiger partial charge in [-0.1, -0.05) is 91.4 Å². The molecule has 1 rings (SSSR count). The topological polar surface area (TPSA) is 101 Å². The van der Waals surface area contributed by atoms with Gasteiger partial charge in [0.15, 0.2) is 0 Å². The van der Waals surface area contributed by atoms with E-state index in [1.807, 2.05) is 20.8 Å². The summed E-state index contributed by atoms with van der Waals surface area (Å²) in [6, 6.07) is 0. The van der Waals surface area contributed by atoms with E-state index in [-0.39, 0.29) is 24.7 Å². The van der Waals surface area contributed by atoms with Crippen molar-refractivity contribution < 1.29 is 29.1 Å². The Hall–Kier alpha value is -1.92. The van der Waals surface area contributed by atoms with Crippen molar-refractivity contribution in [2.75, 3.05) is 0 Å². The SMILES string of the molecule is CC(C)(C)C1CC(=O)N(OC(=O)CCCCCCCCCCCCCCCC(=O)O)C1=O. The normalized spacial score (nSPS) is 16.6. The molecule has 32 heavy (non-hydrogen) atoms. The van der Waals surface area contributed by atoms with Crippen molar-refractivity contribution in [2.45, 2.75) is 124 Å². The van der Waals surface area contributed by atoms with E-state index < -0.39 is 29.7 Å². The van der Waals surface area contributed by atoms with Crippen LogP contribution in [0.25, 0.3) is 0 Å². The summed E-state index contributed by atoms with van der Waals surface area (Å²) in [6.45, 7) is 5.71. The van der Waals surface area contributed by atoms with Crippen LogP contribution in [0.2, 0.25) is 0 Å². The molecule has 1 N–H and O–H groups in total. The van der Waals surface area contributed by atoms with Crippen LogP contribution < -0.4 is 0 Å². The van der Waals surface area contributed by atoms with E-state index in [9.17, 15) is 19.2 Å². The van der Waals surface area contributed by atoms with Crippen molar-refractivity contribution >= 4 is 23.8 Å². The fourth-order valence-corrected chi connectivity index (χ4v) is 4.02. The molecular weight excluding hydrogens is 410 g/mol. The van der Waals surface area contributed by atoms with Gasteiger partial charge in [0.25, 0.3) is 11.8 Å². The zero-order chi connectivity index (χ0) is 24.0. The number of hydrogen-bond acceptors (Lipinski definition) is 5. The molecule has 0 aromatic heterocycles. The van der Waals surface area contributed by atoms with Gasteiger partial charge in [-0.3, -0.25) is 14.4 Å². The summed E-state index contributed by atoms with van der Waals surface area (Å²) in [6.07, 6.45) is 14.8. The highest BCUT2D eigenvalue weighted by atomic mass is 16.7. The first-order chi connectivity index (χ1) is 15.1. The molecule has 1 aliphatic rings. The minimum Gasteiger partial charge on any atom is -0.481 e. The summed E-state index contributed by atoms with van der Waals surface area (Å²) >= 11 is 0. The minimum atomic E-state index is -0.700. The van der Waals surface area contributed by atoms with Crippen molar-refractivity contribution in [3.8, 4) is 0 Å². The van der Waals surface area contributed by atoms with E-state index in [0.29, 0.717) is 11.5 Å². The highest BCUT2D eigenvalue weighted by Gasteiger charge is 2.46. The summed E-state index contributed by atoms with van der Waals surface area (Å²) in [4.78, 5) is 51.8. The number of rotatable bonds is 17. The lowest BCUT2D eigenvalue weighted by Gasteiger charge is -2.24. The number of imide groups is 1. The predicted molar refractivity (Wildman–Crippen MR) is 122 cm³/mol. The van der Waals surface area contributed by atoms with Crippen LogP contribution in [0.4, 0.5) is 0 Å². The van der Waals surface area contributed by atoms with Gasteiger partial charge in [-0.15, -0.1) is 5.06 Å². The molecule has 1 heterocycles. The fraction of sp³-hybridized carbons (Fsp3) is 0.840. The Bertz CT molecular complexity index is 610. The Morgan fingerprint density at radius 3 is 1.59 bits per heavy atom. The Balaban J connectivity index is 1.95. The van der Waals surface area contributed by atoms with Crippen LogP contribution in [0.1, 0.15) is 124 Å². The maximum Gasteiger partial charge on any atom is 0.333 e. The van der Waals surface area contributed by atoms with Gasteiger partial charge < -0.3 is 9.94 Å². The lowest BCUT2D eigenvalue weighted by Crippen LogP contribution is -2.35. The highest BCUT2D eigenvalue weighted by molar-refractivity contribution is 6.03. The molecular formula is C25H43NO6. The molecule has 1 fully saturated rings. The molecule has 1 aliphatic heterocycles. The maximum absolute atomic E-state index is 12.3. The Labute approximate surface area is 193 Å². The monoisotopic (exact) mass is 453 g/mol. The molecule has 0 aliphatic carbocycles. The quantitative estimate of drug-likeness (QED) is 0.220. The molecule has 0 aromatic rings. The molecule has 184 valence electrons. The molecule has 0 spiro atoms. The number of amides is 2. The van der Waals surface area contributed by atoms with Crippen LogP contribution in [-0.4, -0.2) is 33.9 Å². The number of hydrogen-bond donors (Lipinski definition) is 1. The lowest BCUT2D eigenvalue weighted by molar-refractivity contribution is -0.198. The van der Waals surface area contributed by atoms with Gasteiger partial charge in [0.1, 0.15) is 0 Å². The number of aliphatic carboxylic acids is 1. The molecule has 7 heteroatoms. The number of unbranched alkanes of at least 4 members (excludes halogenated alkanes) is 12. The molecule has 1 saturated heterocycles. The second-order valence-corrected chi connectivity index (χ2v) is 10.1. The molecule has 0 saturated carbocycles. The van der Waals surface area contributed by atoms with E-state index in [1.165, 1.54) is 38.5 Å². The summed E-state index contributed by atoms with van der Waals surface area (Å²) in [5.41, 5.74) is -0.336. The first kappa shape index (κ1) is 28.1. The molecule has 1 atom stereocenters. The third kappa shape index (κ3) is 11.6. The average Bonchev–Trinajstić information content (AvgIpc) is 2.99. The van der Waals surface area contributed by atoms with Crippen molar-refractivity contribution in [3.63, 3.8) is 0 Å².